The summed E-state index contributed by atoms with van der Waals surface area (Å²) in [5, 5.41) is 25.1. The SMILES string of the molecule is CN[C@@H]1[C@H](O)[C@H](CO)O[C@@H]1CNC(C)C.Cl.Cl. The Kier molecular flexibility index (Phi) is 10.8. The molecule has 0 aromatic carbocycles. The molecule has 1 aliphatic heterocycles. The third kappa shape index (κ3) is 5.26. The highest BCUT2D eigenvalue weighted by molar-refractivity contribution is 5.85. The third-order valence-corrected chi connectivity index (χ3v) is 2.74. The molecule has 0 unspecified atom stereocenters. The molecule has 1 heterocycles. The predicted octanol–water partition coefficient (Wildman–Crippen LogP) is -0.463. The Morgan fingerprint density at radius 2 is 1.82 bits per heavy atom. The fraction of sp³-hybridized carbons (Fsp3) is 1.00. The molecule has 0 amide bonds. The van der Waals surface area contributed by atoms with E-state index in [9.17, 15) is 5.11 Å². The molecule has 5 nitrogen and oxygen atoms in total. The van der Waals surface area contributed by atoms with E-state index < -0.39 is 12.2 Å². The average molecular weight is 291 g/mol. The molecule has 0 radical (unpaired) electrons. The van der Waals surface area contributed by atoms with E-state index in [1.807, 2.05) is 0 Å². The van der Waals surface area contributed by atoms with Gasteiger partial charge in [-0.15, -0.1) is 24.8 Å². The summed E-state index contributed by atoms with van der Waals surface area (Å²) in [5.74, 6) is 0. The Bertz CT molecular complexity index is 198. The summed E-state index contributed by atoms with van der Waals surface area (Å²) in [7, 11) is 1.79. The highest BCUT2D eigenvalue weighted by Crippen LogP contribution is 2.20. The Morgan fingerprint density at radius 1 is 1.24 bits per heavy atom. The van der Waals surface area contributed by atoms with Crippen LogP contribution in [0.2, 0.25) is 0 Å². The maximum atomic E-state index is 9.81. The quantitative estimate of drug-likeness (QED) is 0.551. The summed E-state index contributed by atoms with van der Waals surface area (Å²) < 4.78 is 5.55. The number of nitrogens with one attached hydrogen (secondary N) is 2. The number of likely N-dealkylation sites (N-methyl/N-ethyl adjacent to an activating group) is 1. The number of hydrogen-bond acceptors (Lipinski definition) is 5. The first-order chi connectivity index (χ1) is 7.10. The second-order valence-corrected chi connectivity index (χ2v) is 4.26. The minimum absolute atomic E-state index is 0. The second-order valence-electron chi connectivity index (χ2n) is 4.26. The van der Waals surface area contributed by atoms with E-state index in [4.69, 9.17) is 9.84 Å². The summed E-state index contributed by atoms with van der Waals surface area (Å²) >= 11 is 0. The van der Waals surface area contributed by atoms with Crippen LogP contribution >= 0.6 is 24.8 Å². The molecule has 0 saturated carbocycles. The minimum atomic E-state index is -0.640. The number of hydrogen-bond donors (Lipinski definition) is 4. The van der Waals surface area contributed by atoms with Gasteiger partial charge in [-0.1, -0.05) is 13.8 Å². The standard InChI is InChI=1S/C10H22N2O3.2ClH/c1-6(2)12-4-7-9(11-3)10(14)8(5-13)15-7;;/h6-14H,4-5H2,1-3H3;2*1H/t7-,8+,9+,10-;;/m1../s1. The van der Waals surface area contributed by atoms with Crippen LogP contribution in [-0.2, 0) is 4.74 Å². The molecule has 4 atom stereocenters. The molecule has 106 valence electrons. The van der Waals surface area contributed by atoms with E-state index in [1.165, 1.54) is 0 Å². The smallest absolute Gasteiger partial charge is 0.108 e. The Balaban J connectivity index is 0. The normalized spacial score (nSPS) is 32.1. The van der Waals surface area contributed by atoms with E-state index in [2.05, 4.69) is 24.5 Å². The van der Waals surface area contributed by atoms with Crippen LogP contribution in [0, 0.1) is 0 Å². The van der Waals surface area contributed by atoms with Crippen LogP contribution in [0.4, 0.5) is 0 Å². The molecule has 0 aliphatic carbocycles. The molecule has 17 heavy (non-hydrogen) atoms. The summed E-state index contributed by atoms with van der Waals surface area (Å²) in [6.07, 6.45) is -1.20. The number of ether oxygens (including phenoxy) is 1. The molecule has 7 heteroatoms. The van der Waals surface area contributed by atoms with Crippen molar-refractivity contribution in [3.63, 3.8) is 0 Å². The van der Waals surface area contributed by atoms with Gasteiger partial charge in [-0.25, -0.2) is 0 Å². The van der Waals surface area contributed by atoms with Crippen molar-refractivity contribution in [2.24, 2.45) is 0 Å². The van der Waals surface area contributed by atoms with Crippen molar-refractivity contribution in [1.82, 2.24) is 10.6 Å². The average Bonchev–Trinajstić information content (AvgIpc) is 2.51. The molecule has 0 bridgehead atoms. The van der Waals surface area contributed by atoms with Crippen LogP contribution in [-0.4, -0.2) is 60.8 Å². The van der Waals surface area contributed by atoms with Gasteiger partial charge in [-0.3, -0.25) is 0 Å². The maximum absolute atomic E-state index is 9.81. The lowest BCUT2D eigenvalue weighted by molar-refractivity contribution is -0.0215. The highest BCUT2D eigenvalue weighted by Gasteiger charge is 2.41. The summed E-state index contributed by atoms with van der Waals surface area (Å²) in [6.45, 7) is 4.65. The first kappa shape index (κ1) is 19.7. The zero-order valence-corrected chi connectivity index (χ0v) is 12.1. The van der Waals surface area contributed by atoms with Gasteiger partial charge in [0.15, 0.2) is 0 Å². The lowest BCUT2D eigenvalue weighted by Crippen LogP contribution is -2.47. The van der Waals surface area contributed by atoms with E-state index in [0.29, 0.717) is 12.6 Å². The molecule has 0 aromatic rings. The van der Waals surface area contributed by atoms with Gasteiger partial charge in [0.2, 0.25) is 0 Å². The van der Waals surface area contributed by atoms with Gasteiger partial charge in [-0.2, -0.15) is 0 Å². The lowest BCUT2D eigenvalue weighted by Gasteiger charge is -2.20. The zero-order valence-electron chi connectivity index (χ0n) is 10.4. The van der Waals surface area contributed by atoms with Crippen LogP contribution in [0.15, 0.2) is 0 Å². The Hall–Kier alpha value is 0.380. The molecular formula is C10H24Cl2N2O3. The van der Waals surface area contributed by atoms with Crippen LogP contribution in [0.3, 0.4) is 0 Å². The fourth-order valence-electron chi connectivity index (χ4n) is 1.88. The lowest BCUT2D eigenvalue weighted by atomic mass is 10.1. The molecule has 4 N–H and O–H groups in total. The largest absolute Gasteiger partial charge is 0.394 e. The predicted molar refractivity (Wildman–Crippen MR) is 72.2 cm³/mol. The number of aliphatic hydroxyl groups excluding tert-OH is 2. The molecule has 1 fully saturated rings. The number of rotatable bonds is 5. The van der Waals surface area contributed by atoms with Crippen molar-refractivity contribution in [3.8, 4) is 0 Å². The summed E-state index contributed by atoms with van der Waals surface area (Å²) in [6, 6.07) is 0.268. The molecule has 0 spiro atoms. The van der Waals surface area contributed by atoms with Gasteiger partial charge in [0, 0.05) is 12.6 Å². The second kappa shape index (κ2) is 9.33. The Labute approximate surface area is 115 Å². The fourth-order valence-corrected chi connectivity index (χ4v) is 1.88. The van der Waals surface area contributed by atoms with Crippen molar-refractivity contribution < 1.29 is 14.9 Å². The van der Waals surface area contributed by atoms with Gasteiger partial charge in [0.1, 0.15) is 12.2 Å². The minimum Gasteiger partial charge on any atom is -0.394 e. The van der Waals surface area contributed by atoms with Crippen molar-refractivity contribution >= 4 is 24.8 Å². The topological polar surface area (TPSA) is 73.8 Å². The Morgan fingerprint density at radius 3 is 2.24 bits per heavy atom. The van der Waals surface area contributed by atoms with Crippen molar-refractivity contribution in [2.75, 3.05) is 20.2 Å². The number of aliphatic hydroxyl groups is 2. The van der Waals surface area contributed by atoms with E-state index in [0.717, 1.165) is 0 Å². The van der Waals surface area contributed by atoms with E-state index in [1.54, 1.807) is 7.05 Å². The van der Waals surface area contributed by atoms with E-state index in [-0.39, 0.29) is 43.6 Å². The van der Waals surface area contributed by atoms with E-state index >= 15 is 0 Å². The first-order valence-corrected chi connectivity index (χ1v) is 5.45. The van der Waals surface area contributed by atoms with Crippen LogP contribution < -0.4 is 10.6 Å². The van der Waals surface area contributed by atoms with Gasteiger partial charge < -0.3 is 25.6 Å². The van der Waals surface area contributed by atoms with Crippen molar-refractivity contribution in [3.05, 3.63) is 0 Å². The monoisotopic (exact) mass is 290 g/mol. The summed E-state index contributed by atoms with van der Waals surface area (Å²) in [4.78, 5) is 0. The number of halogens is 2. The first-order valence-electron chi connectivity index (χ1n) is 5.45. The van der Waals surface area contributed by atoms with Crippen molar-refractivity contribution in [1.29, 1.82) is 0 Å². The van der Waals surface area contributed by atoms with Crippen LogP contribution in [0.1, 0.15) is 13.8 Å². The molecule has 1 aliphatic rings. The van der Waals surface area contributed by atoms with Gasteiger partial charge >= 0.3 is 0 Å². The molecule has 1 rings (SSSR count). The van der Waals surface area contributed by atoms with Crippen molar-refractivity contribution in [2.45, 2.75) is 44.2 Å². The van der Waals surface area contributed by atoms with Gasteiger partial charge in [-0.05, 0) is 7.05 Å². The molecule has 0 aromatic heterocycles. The summed E-state index contributed by atoms with van der Waals surface area (Å²) in [5.41, 5.74) is 0. The van der Waals surface area contributed by atoms with Gasteiger partial charge in [0.05, 0.1) is 18.8 Å². The zero-order chi connectivity index (χ0) is 11.4. The van der Waals surface area contributed by atoms with Gasteiger partial charge in [0.25, 0.3) is 0 Å². The maximum Gasteiger partial charge on any atom is 0.108 e. The third-order valence-electron chi connectivity index (χ3n) is 2.74. The van der Waals surface area contributed by atoms with Crippen LogP contribution in [0.25, 0.3) is 0 Å². The highest BCUT2D eigenvalue weighted by atomic mass is 35.5. The molecule has 1 saturated heterocycles. The van der Waals surface area contributed by atoms with Crippen LogP contribution in [0.5, 0.6) is 0 Å². The molecular weight excluding hydrogens is 267 g/mol.